The van der Waals surface area contributed by atoms with Crippen molar-refractivity contribution in [3.63, 3.8) is 0 Å². The maximum atomic E-state index is 11.5. The summed E-state index contributed by atoms with van der Waals surface area (Å²) in [5.41, 5.74) is 2.13. The van der Waals surface area contributed by atoms with E-state index < -0.39 is 0 Å². The molecule has 2 aromatic heterocycles. The first-order chi connectivity index (χ1) is 11.7. The van der Waals surface area contributed by atoms with Gasteiger partial charge in [-0.25, -0.2) is 9.78 Å². The minimum absolute atomic E-state index is 0.333. The van der Waals surface area contributed by atoms with Gasteiger partial charge in [0.1, 0.15) is 17.4 Å². The number of rotatable bonds is 5. The van der Waals surface area contributed by atoms with Crippen LogP contribution in [0.5, 0.6) is 5.75 Å². The van der Waals surface area contributed by atoms with Gasteiger partial charge in [-0.15, -0.1) is 11.3 Å². The van der Waals surface area contributed by atoms with Crippen molar-refractivity contribution in [3.8, 4) is 16.5 Å². The highest BCUT2D eigenvalue weighted by molar-refractivity contribution is 9.10. The molecule has 0 saturated carbocycles. The summed E-state index contributed by atoms with van der Waals surface area (Å²) in [7, 11) is 1.35. The molecule has 0 aliphatic rings. The first-order valence-corrected chi connectivity index (χ1v) is 8.71. The minimum Gasteiger partial charge on any atom is -0.486 e. The van der Waals surface area contributed by atoms with Gasteiger partial charge in [-0.3, -0.25) is 4.98 Å². The molecule has 122 valence electrons. The highest BCUT2D eigenvalue weighted by atomic mass is 79.9. The molecule has 0 bridgehead atoms. The lowest BCUT2D eigenvalue weighted by Gasteiger charge is -2.08. The van der Waals surface area contributed by atoms with E-state index in [9.17, 15) is 4.79 Å². The molecule has 0 fully saturated rings. The molecule has 0 aliphatic carbocycles. The summed E-state index contributed by atoms with van der Waals surface area (Å²) < 4.78 is 11.1. The van der Waals surface area contributed by atoms with Crippen LogP contribution in [0.15, 0.2) is 52.4 Å². The highest BCUT2D eigenvalue weighted by Crippen LogP contribution is 2.28. The zero-order valence-electron chi connectivity index (χ0n) is 12.7. The third kappa shape index (κ3) is 3.80. The Hall–Kier alpha value is -2.25. The summed E-state index contributed by atoms with van der Waals surface area (Å²) in [5, 5.41) is 2.80. The molecule has 0 atom stereocenters. The number of nitrogens with zero attached hydrogens (tertiary/aromatic N) is 2. The van der Waals surface area contributed by atoms with E-state index in [1.54, 1.807) is 24.4 Å². The lowest BCUT2D eigenvalue weighted by atomic mass is 10.2. The van der Waals surface area contributed by atoms with E-state index in [1.165, 1.54) is 18.4 Å². The lowest BCUT2D eigenvalue weighted by Crippen LogP contribution is -2.02. The molecular weight excluding hydrogens is 392 g/mol. The van der Waals surface area contributed by atoms with E-state index in [2.05, 4.69) is 25.9 Å². The molecule has 0 unspecified atom stereocenters. The topological polar surface area (TPSA) is 61.3 Å². The van der Waals surface area contributed by atoms with Crippen LogP contribution in [0.3, 0.4) is 0 Å². The van der Waals surface area contributed by atoms with Crippen LogP contribution in [0.2, 0.25) is 0 Å². The fourth-order valence-electron chi connectivity index (χ4n) is 1.99. The van der Waals surface area contributed by atoms with E-state index in [0.717, 1.165) is 16.4 Å². The van der Waals surface area contributed by atoms with Crippen molar-refractivity contribution >= 4 is 33.2 Å². The van der Waals surface area contributed by atoms with Gasteiger partial charge in [-0.1, -0.05) is 6.07 Å². The van der Waals surface area contributed by atoms with Crippen molar-refractivity contribution in [1.29, 1.82) is 0 Å². The first-order valence-electron chi connectivity index (χ1n) is 7.04. The number of hydrogen-bond acceptors (Lipinski definition) is 6. The fraction of sp³-hybridized carbons (Fsp3) is 0.118. The zero-order chi connectivity index (χ0) is 16.9. The third-order valence-corrected chi connectivity index (χ3v) is 4.70. The molecule has 5 nitrogen and oxygen atoms in total. The molecule has 0 amide bonds. The van der Waals surface area contributed by atoms with Gasteiger partial charge in [0.15, 0.2) is 0 Å². The molecule has 0 radical (unpaired) electrons. The number of methoxy groups -OCH3 is 1. The van der Waals surface area contributed by atoms with E-state index in [0.29, 0.717) is 22.4 Å². The third-order valence-electron chi connectivity index (χ3n) is 3.16. The van der Waals surface area contributed by atoms with Crippen LogP contribution in [0.4, 0.5) is 0 Å². The molecule has 24 heavy (non-hydrogen) atoms. The Labute approximate surface area is 151 Å². The van der Waals surface area contributed by atoms with E-state index in [4.69, 9.17) is 9.47 Å². The molecule has 3 rings (SSSR count). The van der Waals surface area contributed by atoms with Crippen LogP contribution >= 0.6 is 27.3 Å². The maximum absolute atomic E-state index is 11.5. The summed E-state index contributed by atoms with van der Waals surface area (Å²) in [4.78, 5) is 20.3. The molecule has 7 heteroatoms. The second-order valence-electron chi connectivity index (χ2n) is 4.78. The predicted molar refractivity (Wildman–Crippen MR) is 95.2 cm³/mol. The zero-order valence-corrected chi connectivity index (χ0v) is 15.1. The number of carbonyl (C=O) groups is 1. The molecule has 2 heterocycles. The molecule has 0 saturated heterocycles. The number of ether oxygens (including phenoxy) is 2. The summed E-state index contributed by atoms with van der Waals surface area (Å²) >= 11 is 4.92. The maximum Gasteiger partial charge on any atom is 0.337 e. The van der Waals surface area contributed by atoms with Gasteiger partial charge in [-0.05, 0) is 46.3 Å². The van der Waals surface area contributed by atoms with Crippen LogP contribution in [0, 0.1) is 0 Å². The van der Waals surface area contributed by atoms with Gasteiger partial charge < -0.3 is 9.47 Å². The number of aromatic nitrogens is 2. The Morgan fingerprint density at radius 3 is 2.88 bits per heavy atom. The van der Waals surface area contributed by atoms with Crippen LogP contribution < -0.4 is 4.74 Å². The van der Waals surface area contributed by atoms with Gasteiger partial charge in [-0.2, -0.15) is 0 Å². The first kappa shape index (κ1) is 16.6. The Morgan fingerprint density at radius 1 is 1.29 bits per heavy atom. The average Bonchev–Trinajstić information content (AvgIpc) is 3.09. The van der Waals surface area contributed by atoms with Gasteiger partial charge in [0.25, 0.3) is 0 Å². The second kappa shape index (κ2) is 7.55. The molecule has 0 aliphatic heterocycles. The minimum atomic E-state index is -0.387. The predicted octanol–water partition coefficient (Wildman–Crippen LogP) is 4.33. The standard InChI is InChI=1S/C17H13BrN2O3S/c1-22-17(21)11-5-6-15(13(18)8-11)23-9-12-10-24-16(20-12)14-4-2-3-7-19-14/h2-8,10H,9H2,1H3. The largest absolute Gasteiger partial charge is 0.486 e. The van der Waals surface area contributed by atoms with Crippen molar-refractivity contribution < 1.29 is 14.3 Å². The lowest BCUT2D eigenvalue weighted by molar-refractivity contribution is 0.0600. The highest BCUT2D eigenvalue weighted by Gasteiger charge is 2.11. The van der Waals surface area contributed by atoms with Crippen molar-refractivity contribution in [2.45, 2.75) is 6.61 Å². The normalized spacial score (nSPS) is 10.4. The molecule has 0 spiro atoms. The monoisotopic (exact) mass is 404 g/mol. The average molecular weight is 405 g/mol. The summed E-state index contributed by atoms with van der Waals surface area (Å²) in [6, 6.07) is 10.8. The molecule has 0 N–H and O–H groups in total. The summed E-state index contributed by atoms with van der Waals surface area (Å²) in [6.07, 6.45) is 1.74. The molecular formula is C17H13BrN2O3S. The van der Waals surface area contributed by atoms with Gasteiger partial charge in [0, 0.05) is 11.6 Å². The van der Waals surface area contributed by atoms with Gasteiger partial charge >= 0.3 is 5.97 Å². The second-order valence-corrected chi connectivity index (χ2v) is 6.50. The number of carbonyl (C=O) groups excluding carboxylic acids is 1. The van der Waals surface area contributed by atoms with Crippen LogP contribution in [0.1, 0.15) is 16.1 Å². The van der Waals surface area contributed by atoms with Crippen molar-refractivity contribution in [3.05, 3.63) is 63.7 Å². The van der Waals surface area contributed by atoms with Crippen molar-refractivity contribution in [2.24, 2.45) is 0 Å². The Balaban J connectivity index is 1.68. The summed E-state index contributed by atoms with van der Waals surface area (Å²) in [5.74, 6) is 0.247. The van der Waals surface area contributed by atoms with Gasteiger partial charge in [0.2, 0.25) is 0 Å². The van der Waals surface area contributed by atoms with E-state index in [1.807, 2.05) is 23.6 Å². The Morgan fingerprint density at radius 2 is 2.17 bits per heavy atom. The Kier molecular flexibility index (Phi) is 5.22. The van der Waals surface area contributed by atoms with Crippen LogP contribution in [-0.4, -0.2) is 23.0 Å². The fourth-order valence-corrected chi connectivity index (χ4v) is 3.27. The number of thiazole rings is 1. The van der Waals surface area contributed by atoms with E-state index in [-0.39, 0.29) is 5.97 Å². The quantitative estimate of drug-likeness (QED) is 0.592. The number of benzene rings is 1. The van der Waals surface area contributed by atoms with Crippen molar-refractivity contribution in [2.75, 3.05) is 7.11 Å². The van der Waals surface area contributed by atoms with Crippen molar-refractivity contribution in [1.82, 2.24) is 9.97 Å². The smallest absolute Gasteiger partial charge is 0.337 e. The van der Waals surface area contributed by atoms with Crippen LogP contribution in [-0.2, 0) is 11.3 Å². The Bertz CT molecular complexity index is 852. The van der Waals surface area contributed by atoms with Crippen LogP contribution in [0.25, 0.3) is 10.7 Å². The number of pyridine rings is 1. The van der Waals surface area contributed by atoms with E-state index >= 15 is 0 Å². The van der Waals surface area contributed by atoms with Gasteiger partial charge in [0.05, 0.1) is 28.5 Å². The number of hydrogen-bond donors (Lipinski definition) is 0. The SMILES string of the molecule is COC(=O)c1ccc(OCc2csc(-c3ccccn3)n2)c(Br)c1. The molecule has 3 aromatic rings. The summed E-state index contributed by atoms with van der Waals surface area (Å²) in [6.45, 7) is 0.333. The number of halogens is 1. The number of esters is 1. The molecule has 1 aromatic carbocycles.